The summed E-state index contributed by atoms with van der Waals surface area (Å²) < 4.78 is 24.9. The SMILES string of the molecule is CS(=O)(=O)NC1CCc2c1ccc(Cl)c2Cl. The van der Waals surface area contributed by atoms with Crippen LogP contribution in [0.4, 0.5) is 0 Å². The molecule has 0 saturated heterocycles. The van der Waals surface area contributed by atoms with Crippen molar-refractivity contribution in [1.29, 1.82) is 0 Å². The smallest absolute Gasteiger partial charge is 0.209 e. The Labute approximate surface area is 105 Å². The second-order valence-corrected chi connectivity index (χ2v) is 6.48. The summed E-state index contributed by atoms with van der Waals surface area (Å²) in [5, 5.41) is 1.05. The molecule has 0 radical (unpaired) electrons. The maximum absolute atomic E-state index is 11.2. The summed E-state index contributed by atoms with van der Waals surface area (Å²) in [6.45, 7) is 0. The average molecular weight is 280 g/mol. The zero-order chi connectivity index (χ0) is 11.9. The number of halogens is 2. The molecule has 1 aliphatic rings. The zero-order valence-corrected chi connectivity index (χ0v) is 11.0. The number of benzene rings is 1. The van der Waals surface area contributed by atoms with Crippen LogP contribution in [-0.2, 0) is 16.4 Å². The number of sulfonamides is 1. The Balaban J connectivity index is 2.38. The van der Waals surface area contributed by atoms with Crippen LogP contribution in [0.1, 0.15) is 23.6 Å². The second-order valence-electron chi connectivity index (χ2n) is 3.91. The zero-order valence-electron chi connectivity index (χ0n) is 8.63. The van der Waals surface area contributed by atoms with Gasteiger partial charge in [-0.1, -0.05) is 29.3 Å². The first-order chi connectivity index (χ1) is 7.38. The minimum absolute atomic E-state index is 0.181. The molecule has 0 fully saturated rings. The first kappa shape index (κ1) is 12.2. The Bertz CT molecular complexity index is 528. The fourth-order valence-corrected chi connectivity index (χ4v) is 3.22. The fraction of sp³-hybridized carbons (Fsp3) is 0.400. The summed E-state index contributed by atoms with van der Waals surface area (Å²) in [5.74, 6) is 0. The van der Waals surface area contributed by atoms with E-state index in [0.29, 0.717) is 10.0 Å². The van der Waals surface area contributed by atoms with Gasteiger partial charge in [0.25, 0.3) is 0 Å². The Hall–Kier alpha value is -0.290. The van der Waals surface area contributed by atoms with Gasteiger partial charge in [-0.25, -0.2) is 13.1 Å². The van der Waals surface area contributed by atoms with Crippen molar-refractivity contribution in [2.24, 2.45) is 0 Å². The lowest BCUT2D eigenvalue weighted by molar-refractivity contribution is 0.560. The van der Waals surface area contributed by atoms with E-state index in [1.54, 1.807) is 6.07 Å². The van der Waals surface area contributed by atoms with Crippen LogP contribution < -0.4 is 4.72 Å². The molecule has 16 heavy (non-hydrogen) atoms. The molecule has 0 aliphatic heterocycles. The van der Waals surface area contributed by atoms with Crippen molar-refractivity contribution in [3.05, 3.63) is 33.3 Å². The molecular formula is C10H11Cl2NO2S. The van der Waals surface area contributed by atoms with Crippen LogP contribution in [-0.4, -0.2) is 14.7 Å². The third-order valence-corrected chi connectivity index (χ3v) is 4.20. The number of hydrogen-bond acceptors (Lipinski definition) is 2. The summed E-state index contributed by atoms with van der Waals surface area (Å²) in [5.41, 5.74) is 1.88. The third kappa shape index (κ3) is 2.35. The Morgan fingerprint density at radius 2 is 2.06 bits per heavy atom. The van der Waals surface area contributed by atoms with Crippen LogP contribution in [0, 0.1) is 0 Å². The van der Waals surface area contributed by atoms with Crippen LogP contribution in [0.25, 0.3) is 0 Å². The van der Waals surface area contributed by atoms with Gasteiger partial charge in [-0.3, -0.25) is 0 Å². The van der Waals surface area contributed by atoms with Crippen molar-refractivity contribution >= 4 is 33.2 Å². The minimum atomic E-state index is -3.20. The lowest BCUT2D eigenvalue weighted by Gasteiger charge is -2.12. The van der Waals surface area contributed by atoms with E-state index in [1.807, 2.05) is 6.07 Å². The molecule has 0 amide bonds. The highest BCUT2D eigenvalue weighted by Crippen LogP contribution is 2.39. The molecule has 6 heteroatoms. The van der Waals surface area contributed by atoms with Crippen molar-refractivity contribution < 1.29 is 8.42 Å². The molecule has 3 nitrogen and oxygen atoms in total. The van der Waals surface area contributed by atoms with E-state index in [4.69, 9.17) is 23.2 Å². The van der Waals surface area contributed by atoms with Gasteiger partial charge in [0.15, 0.2) is 0 Å². The summed E-state index contributed by atoms with van der Waals surface area (Å²) in [6.07, 6.45) is 2.63. The van der Waals surface area contributed by atoms with Gasteiger partial charge < -0.3 is 0 Å². The first-order valence-corrected chi connectivity index (χ1v) is 7.47. The second kappa shape index (κ2) is 4.18. The van der Waals surface area contributed by atoms with Gasteiger partial charge in [0.05, 0.1) is 16.3 Å². The number of hydrogen-bond donors (Lipinski definition) is 1. The van der Waals surface area contributed by atoms with Crippen molar-refractivity contribution in [2.45, 2.75) is 18.9 Å². The van der Waals surface area contributed by atoms with Crippen molar-refractivity contribution in [2.75, 3.05) is 6.26 Å². The monoisotopic (exact) mass is 279 g/mol. The molecule has 88 valence electrons. The number of fused-ring (bicyclic) bond motifs is 1. The predicted octanol–water partition coefficient (Wildman–Crippen LogP) is 2.53. The maximum Gasteiger partial charge on any atom is 0.209 e. The quantitative estimate of drug-likeness (QED) is 0.904. The molecule has 1 aromatic rings. The molecule has 0 saturated carbocycles. The van der Waals surface area contributed by atoms with Crippen molar-refractivity contribution in [3.8, 4) is 0 Å². The summed E-state index contributed by atoms with van der Waals surface area (Å²) in [7, 11) is -3.20. The average Bonchev–Trinajstić information content (AvgIpc) is 2.53. The van der Waals surface area contributed by atoms with Crippen LogP contribution in [0.5, 0.6) is 0 Å². The van der Waals surface area contributed by atoms with Crippen molar-refractivity contribution in [1.82, 2.24) is 4.72 Å². The van der Waals surface area contributed by atoms with Gasteiger partial charge in [-0.2, -0.15) is 0 Å². The molecule has 2 rings (SSSR count). The van der Waals surface area contributed by atoms with E-state index in [2.05, 4.69) is 4.72 Å². The Morgan fingerprint density at radius 1 is 1.38 bits per heavy atom. The highest BCUT2D eigenvalue weighted by Gasteiger charge is 2.27. The Kier molecular flexibility index (Phi) is 3.18. The summed E-state index contributed by atoms with van der Waals surface area (Å²) in [6, 6.07) is 3.35. The minimum Gasteiger partial charge on any atom is -0.213 e. The molecule has 1 atom stereocenters. The van der Waals surface area contributed by atoms with Crippen LogP contribution in [0.15, 0.2) is 12.1 Å². The molecule has 1 N–H and O–H groups in total. The number of nitrogens with one attached hydrogen (secondary N) is 1. The lowest BCUT2D eigenvalue weighted by atomic mass is 10.1. The first-order valence-electron chi connectivity index (χ1n) is 4.82. The molecule has 1 aromatic carbocycles. The predicted molar refractivity (Wildman–Crippen MR) is 65.5 cm³/mol. The van der Waals surface area contributed by atoms with Crippen LogP contribution in [0.2, 0.25) is 10.0 Å². The highest BCUT2D eigenvalue weighted by atomic mass is 35.5. The molecule has 1 aliphatic carbocycles. The van der Waals surface area contributed by atoms with E-state index in [9.17, 15) is 8.42 Å². The normalized spacial score (nSPS) is 19.8. The fourth-order valence-electron chi connectivity index (χ4n) is 2.01. The lowest BCUT2D eigenvalue weighted by Crippen LogP contribution is -2.25. The summed E-state index contributed by atoms with van der Waals surface area (Å²) >= 11 is 12.0. The largest absolute Gasteiger partial charge is 0.213 e. The van der Waals surface area contributed by atoms with E-state index in [0.717, 1.165) is 30.2 Å². The van der Waals surface area contributed by atoms with E-state index < -0.39 is 10.0 Å². The van der Waals surface area contributed by atoms with Gasteiger partial charge >= 0.3 is 0 Å². The van der Waals surface area contributed by atoms with Gasteiger partial charge in [0.1, 0.15) is 0 Å². The van der Waals surface area contributed by atoms with E-state index in [1.165, 1.54) is 0 Å². The molecule has 1 unspecified atom stereocenters. The molecule has 0 spiro atoms. The molecule has 0 bridgehead atoms. The van der Waals surface area contributed by atoms with Gasteiger partial charge in [-0.15, -0.1) is 0 Å². The van der Waals surface area contributed by atoms with Gasteiger partial charge in [0.2, 0.25) is 10.0 Å². The highest BCUT2D eigenvalue weighted by molar-refractivity contribution is 7.88. The molecule has 0 aromatic heterocycles. The van der Waals surface area contributed by atoms with Crippen LogP contribution >= 0.6 is 23.2 Å². The standard InChI is InChI=1S/C10H11Cl2NO2S/c1-16(14,15)13-9-5-3-7-6(9)2-4-8(11)10(7)12/h2,4,9,13H,3,5H2,1H3. The van der Waals surface area contributed by atoms with Crippen molar-refractivity contribution in [3.63, 3.8) is 0 Å². The van der Waals surface area contributed by atoms with Gasteiger partial charge in [-0.05, 0) is 30.0 Å². The molecule has 0 heterocycles. The number of rotatable bonds is 2. The van der Waals surface area contributed by atoms with E-state index >= 15 is 0 Å². The maximum atomic E-state index is 11.2. The topological polar surface area (TPSA) is 46.2 Å². The Morgan fingerprint density at radius 3 is 2.69 bits per heavy atom. The molecular weight excluding hydrogens is 269 g/mol. The third-order valence-electron chi connectivity index (χ3n) is 2.65. The van der Waals surface area contributed by atoms with Gasteiger partial charge in [0, 0.05) is 6.04 Å². The van der Waals surface area contributed by atoms with E-state index in [-0.39, 0.29) is 6.04 Å². The summed E-state index contributed by atoms with van der Waals surface area (Å²) in [4.78, 5) is 0. The van der Waals surface area contributed by atoms with Crippen LogP contribution in [0.3, 0.4) is 0 Å².